The molecule has 0 N–H and O–H groups in total. The van der Waals surface area contributed by atoms with E-state index >= 15 is 0 Å². The summed E-state index contributed by atoms with van der Waals surface area (Å²) in [5.74, 6) is 1.50. The molecule has 0 aliphatic carbocycles. The van der Waals surface area contributed by atoms with Gasteiger partial charge in [-0.05, 0) is 30.3 Å². The fraction of sp³-hybridized carbons (Fsp3) is 0.133. The number of hydrogen-bond donors (Lipinski definition) is 0. The van der Waals surface area contributed by atoms with Crippen LogP contribution in [-0.4, -0.2) is 15.4 Å². The number of aryl methyl sites for hydroxylation is 1. The molecule has 0 saturated heterocycles. The van der Waals surface area contributed by atoms with Crippen molar-refractivity contribution in [1.29, 1.82) is 0 Å². The van der Waals surface area contributed by atoms with E-state index in [0.717, 1.165) is 29.0 Å². The fourth-order valence-electron chi connectivity index (χ4n) is 2.22. The second kappa shape index (κ2) is 5.24. The Labute approximate surface area is 121 Å². The molecule has 0 radical (unpaired) electrons. The maximum atomic E-state index is 6.10. The number of alkyl halides is 1. The highest BCUT2D eigenvalue weighted by molar-refractivity contribution is 6.31. The summed E-state index contributed by atoms with van der Waals surface area (Å²) < 4.78 is 2.11. The van der Waals surface area contributed by atoms with E-state index in [1.54, 1.807) is 0 Å². The third-order valence-corrected chi connectivity index (χ3v) is 3.44. The molecule has 0 amide bonds. The predicted octanol–water partition coefficient (Wildman–Crippen LogP) is 4.46. The Morgan fingerprint density at radius 1 is 1.05 bits per heavy atom. The van der Waals surface area contributed by atoms with E-state index in [1.165, 1.54) is 0 Å². The van der Waals surface area contributed by atoms with Gasteiger partial charge >= 0.3 is 0 Å². The van der Waals surface area contributed by atoms with Crippen LogP contribution in [0.25, 0.3) is 16.7 Å². The molecular weight excluding hydrogens is 279 g/mol. The molecule has 0 aliphatic rings. The Hall–Kier alpha value is -1.51. The molecule has 3 aromatic rings. The molecule has 0 aliphatic heterocycles. The zero-order chi connectivity index (χ0) is 13.2. The Morgan fingerprint density at radius 3 is 2.58 bits per heavy atom. The van der Waals surface area contributed by atoms with Crippen LogP contribution in [0.4, 0.5) is 0 Å². The van der Waals surface area contributed by atoms with Crippen molar-refractivity contribution in [3.8, 4) is 5.69 Å². The Bertz CT molecular complexity index is 705. The number of hydrogen-bond acceptors (Lipinski definition) is 1. The Morgan fingerprint density at radius 2 is 1.84 bits per heavy atom. The molecule has 0 bridgehead atoms. The number of para-hydroxylation sites is 1. The summed E-state index contributed by atoms with van der Waals surface area (Å²) in [7, 11) is 0. The van der Waals surface area contributed by atoms with Gasteiger partial charge in [0.2, 0.25) is 0 Å². The maximum Gasteiger partial charge on any atom is 0.115 e. The lowest BCUT2D eigenvalue weighted by molar-refractivity contribution is 0.912. The van der Waals surface area contributed by atoms with Crippen molar-refractivity contribution in [2.75, 3.05) is 5.88 Å². The van der Waals surface area contributed by atoms with Crippen molar-refractivity contribution in [2.45, 2.75) is 6.42 Å². The smallest absolute Gasteiger partial charge is 0.115 e. The summed E-state index contributed by atoms with van der Waals surface area (Å²) in [6.07, 6.45) is 0.725. The zero-order valence-corrected chi connectivity index (χ0v) is 11.7. The van der Waals surface area contributed by atoms with Gasteiger partial charge in [0.15, 0.2) is 0 Å². The first-order chi connectivity index (χ1) is 9.29. The summed E-state index contributed by atoms with van der Waals surface area (Å²) in [5.41, 5.74) is 3.03. The summed E-state index contributed by atoms with van der Waals surface area (Å²) in [5, 5.41) is 0.710. The number of fused-ring (bicyclic) bond motifs is 1. The lowest BCUT2D eigenvalue weighted by Crippen LogP contribution is -2.01. The lowest BCUT2D eigenvalue weighted by atomic mass is 10.2. The highest BCUT2D eigenvalue weighted by atomic mass is 35.5. The van der Waals surface area contributed by atoms with Gasteiger partial charge in [-0.15, -0.1) is 11.6 Å². The average molecular weight is 291 g/mol. The van der Waals surface area contributed by atoms with E-state index < -0.39 is 0 Å². The number of rotatable bonds is 3. The third kappa shape index (κ3) is 2.34. The predicted molar refractivity (Wildman–Crippen MR) is 80.5 cm³/mol. The first-order valence-corrected chi connectivity index (χ1v) is 6.99. The van der Waals surface area contributed by atoms with E-state index in [1.807, 2.05) is 36.4 Å². The summed E-state index contributed by atoms with van der Waals surface area (Å²) in [6, 6.07) is 15.9. The molecule has 0 fully saturated rings. The van der Waals surface area contributed by atoms with E-state index in [4.69, 9.17) is 23.2 Å². The first-order valence-electron chi connectivity index (χ1n) is 6.08. The molecule has 96 valence electrons. The minimum Gasteiger partial charge on any atom is -0.296 e. The molecule has 2 aromatic carbocycles. The van der Waals surface area contributed by atoms with Gasteiger partial charge in [-0.25, -0.2) is 4.98 Å². The topological polar surface area (TPSA) is 17.8 Å². The third-order valence-electron chi connectivity index (χ3n) is 3.02. The van der Waals surface area contributed by atoms with Gasteiger partial charge in [0.05, 0.1) is 11.0 Å². The minimum atomic E-state index is 0.546. The van der Waals surface area contributed by atoms with Crippen LogP contribution in [0.1, 0.15) is 5.82 Å². The van der Waals surface area contributed by atoms with Crippen LogP contribution in [-0.2, 0) is 6.42 Å². The number of aromatic nitrogens is 2. The molecule has 1 heterocycles. The summed E-state index contributed by atoms with van der Waals surface area (Å²) >= 11 is 12.0. The number of nitrogens with zero attached hydrogens (tertiary/aromatic N) is 2. The van der Waals surface area contributed by atoms with Gasteiger partial charge in [-0.2, -0.15) is 0 Å². The molecule has 0 unspecified atom stereocenters. The van der Waals surface area contributed by atoms with Crippen LogP contribution in [0.2, 0.25) is 5.02 Å². The number of halogens is 2. The quantitative estimate of drug-likeness (QED) is 0.651. The first kappa shape index (κ1) is 12.5. The van der Waals surface area contributed by atoms with Crippen molar-refractivity contribution < 1.29 is 0 Å². The largest absolute Gasteiger partial charge is 0.296 e. The van der Waals surface area contributed by atoms with Crippen LogP contribution in [0.3, 0.4) is 0 Å². The number of imidazole rings is 1. The van der Waals surface area contributed by atoms with Crippen LogP contribution >= 0.6 is 23.2 Å². The standard InChI is InChI=1S/C15H12Cl2N2/c16-9-8-15-18-13-7-6-11(17)10-14(13)19(15)12-4-2-1-3-5-12/h1-7,10H,8-9H2. The highest BCUT2D eigenvalue weighted by Crippen LogP contribution is 2.24. The summed E-state index contributed by atoms with van der Waals surface area (Å²) in [6.45, 7) is 0. The second-order valence-electron chi connectivity index (χ2n) is 4.27. The van der Waals surface area contributed by atoms with Crippen LogP contribution < -0.4 is 0 Å². The molecule has 3 rings (SSSR count). The molecule has 19 heavy (non-hydrogen) atoms. The molecule has 0 spiro atoms. The van der Waals surface area contributed by atoms with Gasteiger partial charge in [0.25, 0.3) is 0 Å². The maximum absolute atomic E-state index is 6.10. The molecule has 4 heteroatoms. The van der Waals surface area contributed by atoms with E-state index in [-0.39, 0.29) is 0 Å². The van der Waals surface area contributed by atoms with E-state index in [9.17, 15) is 0 Å². The molecular formula is C15H12Cl2N2. The average Bonchev–Trinajstić information content (AvgIpc) is 2.77. The van der Waals surface area contributed by atoms with Gasteiger partial charge < -0.3 is 0 Å². The number of benzene rings is 2. The Balaban J connectivity index is 2.30. The van der Waals surface area contributed by atoms with Crippen molar-refractivity contribution >= 4 is 34.2 Å². The van der Waals surface area contributed by atoms with Gasteiger partial charge in [-0.1, -0.05) is 29.8 Å². The summed E-state index contributed by atoms with van der Waals surface area (Å²) in [4.78, 5) is 4.64. The Kier molecular flexibility index (Phi) is 3.45. The lowest BCUT2D eigenvalue weighted by Gasteiger charge is -2.08. The van der Waals surface area contributed by atoms with Crippen molar-refractivity contribution in [3.63, 3.8) is 0 Å². The van der Waals surface area contributed by atoms with Crippen LogP contribution in [0.15, 0.2) is 48.5 Å². The SMILES string of the molecule is ClCCc1nc2ccc(Cl)cc2n1-c1ccccc1. The van der Waals surface area contributed by atoms with E-state index in [0.29, 0.717) is 10.9 Å². The van der Waals surface area contributed by atoms with Crippen molar-refractivity contribution in [2.24, 2.45) is 0 Å². The van der Waals surface area contributed by atoms with Crippen LogP contribution in [0.5, 0.6) is 0 Å². The molecule has 0 atom stereocenters. The van der Waals surface area contributed by atoms with Gasteiger partial charge in [0.1, 0.15) is 5.82 Å². The zero-order valence-electron chi connectivity index (χ0n) is 10.2. The van der Waals surface area contributed by atoms with Gasteiger partial charge in [-0.3, -0.25) is 4.57 Å². The van der Waals surface area contributed by atoms with Gasteiger partial charge in [0, 0.05) is 23.0 Å². The molecule has 2 nitrogen and oxygen atoms in total. The highest BCUT2D eigenvalue weighted by Gasteiger charge is 2.12. The molecule has 0 saturated carbocycles. The fourth-order valence-corrected chi connectivity index (χ4v) is 2.55. The van der Waals surface area contributed by atoms with Crippen LogP contribution in [0, 0.1) is 0 Å². The monoisotopic (exact) mass is 290 g/mol. The van der Waals surface area contributed by atoms with Crippen molar-refractivity contribution in [3.05, 3.63) is 59.4 Å². The normalized spacial score (nSPS) is 11.1. The molecule has 1 aromatic heterocycles. The second-order valence-corrected chi connectivity index (χ2v) is 5.09. The minimum absolute atomic E-state index is 0.546. The van der Waals surface area contributed by atoms with E-state index in [2.05, 4.69) is 21.7 Å². The van der Waals surface area contributed by atoms with Crippen molar-refractivity contribution in [1.82, 2.24) is 9.55 Å².